The average molecular weight is 184 g/mol. The van der Waals surface area contributed by atoms with E-state index in [9.17, 15) is 17.5 Å². The third kappa shape index (κ3) is 2.39. The van der Waals surface area contributed by atoms with Gasteiger partial charge in [-0.25, -0.2) is 8.78 Å². The monoisotopic (exact) mass is 184 g/mol. The second-order valence-corrected chi connectivity index (χ2v) is 2.70. The predicted octanol–water partition coefficient (Wildman–Crippen LogP) is -1.79. The topological polar surface area (TPSA) is 40.1 Å². The van der Waals surface area contributed by atoms with Gasteiger partial charge < -0.3 is 4.55 Å². The van der Waals surface area contributed by atoms with Crippen LogP contribution in [0.25, 0.3) is 0 Å². The second-order valence-electron chi connectivity index (χ2n) is 1.79. The molecule has 6 heteroatoms. The Balaban J connectivity index is 0.00000121. The molecule has 1 rings (SSSR count). The summed E-state index contributed by atoms with van der Waals surface area (Å²) in [5.41, 5.74) is 0. The predicted molar refractivity (Wildman–Crippen MR) is 33.5 cm³/mol. The minimum atomic E-state index is -2.72. The molecule has 1 aromatic rings. The molecule has 2 nitrogen and oxygen atoms in total. The zero-order valence-electron chi connectivity index (χ0n) is 6.21. The Kier molecular flexibility index (Phi) is 4.64. The van der Waals surface area contributed by atoms with Crippen LogP contribution in [-0.2, 0) is 11.1 Å². The van der Waals surface area contributed by atoms with Crippen molar-refractivity contribution >= 4 is 11.1 Å². The third-order valence-corrected chi connectivity index (χ3v) is 1.77. The quantitative estimate of drug-likeness (QED) is 0.382. The Labute approximate surface area is 82.4 Å². The Morgan fingerprint density at radius 1 is 1.33 bits per heavy atom. The van der Waals surface area contributed by atoms with Crippen LogP contribution < -0.4 is 18.9 Å². The zero-order chi connectivity index (χ0) is 8.43. The summed E-state index contributed by atoms with van der Waals surface area (Å²) < 4.78 is 45.1. The van der Waals surface area contributed by atoms with E-state index in [4.69, 9.17) is 0 Å². The van der Waals surface area contributed by atoms with Gasteiger partial charge >= 0.3 is 18.9 Å². The summed E-state index contributed by atoms with van der Waals surface area (Å²) in [6.07, 6.45) is 0. The standard InChI is InChI=1S/C6H4F2O2S.Li/c7-4-2-1-3-5(6(4)8)11(9)10;/h1-3H,(H,9,10);/q;+1/p-1. The fourth-order valence-electron chi connectivity index (χ4n) is 0.613. The zero-order valence-corrected chi connectivity index (χ0v) is 7.03. The number of halogens is 2. The molecule has 0 N–H and O–H groups in total. The Morgan fingerprint density at radius 3 is 2.33 bits per heavy atom. The van der Waals surface area contributed by atoms with E-state index in [1.807, 2.05) is 0 Å². The number of rotatable bonds is 1. The number of hydrogen-bond donors (Lipinski definition) is 0. The van der Waals surface area contributed by atoms with E-state index in [1.165, 1.54) is 0 Å². The molecule has 0 saturated heterocycles. The van der Waals surface area contributed by atoms with E-state index in [2.05, 4.69) is 0 Å². The molecule has 0 saturated carbocycles. The van der Waals surface area contributed by atoms with E-state index in [0.717, 1.165) is 18.2 Å². The summed E-state index contributed by atoms with van der Waals surface area (Å²) in [7, 11) is 0. The van der Waals surface area contributed by atoms with Crippen molar-refractivity contribution in [3.05, 3.63) is 29.8 Å². The van der Waals surface area contributed by atoms with Crippen LogP contribution in [0.2, 0.25) is 0 Å². The fourth-order valence-corrected chi connectivity index (χ4v) is 1.05. The van der Waals surface area contributed by atoms with Crippen LogP contribution in [0, 0.1) is 11.6 Å². The minimum Gasteiger partial charge on any atom is -0.768 e. The van der Waals surface area contributed by atoms with Crippen LogP contribution in [0.15, 0.2) is 23.1 Å². The summed E-state index contributed by atoms with van der Waals surface area (Å²) in [6, 6.07) is 2.97. The van der Waals surface area contributed by atoms with Crippen molar-refractivity contribution in [2.45, 2.75) is 4.90 Å². The first-order valence-corrected chi connectivity index (χ1v) is 3.73. The molecule has 0 amide bonds. The summed E-state index contributed by atoms with van der Waals surface area (Å²) in [6.45, 7) is 0. The maximum Gasteiger partial charge on any atom is 1.00 e. The molecule has 0 heterocycles. The third-order valence-electron chi connectivity index (χ3n) is 1.10. The van der Waals surface area contributed by atoms with Gasteiger partial charge in [0.15, 0.2) is 11.6 Å². The van der Waals surface area contributed by atoms with Crippen molar-refractivity contribution in [3.8, 4) is 0 Å². The maximum absolute atomic E-state index is 12.5. The molecule has 0 fully saturated rings. The van der Waals surface area contributed by atoms with E-state index in [1.54, 1.807) is 0 Å². The van der Waals surface area contributed by atoms with E-state index in [0.29, 0.717) is 0 Å². The van der Waals surface area contributed by atoms with E-state index >= 15 is 0 Å². The normalized spacial score (nSPS) is 11.9. The molecule has 60 valence electrons. The van der Waals surface area contributed by atoms with Crippen molar-refractivity contribution in [3.63, 3.8) is 0 Å². The van der Waals surface area contributed by atoms with Crippen LogP contribution in [-0.4, -0.2) is 8.76 Å². The van der Waals surface area contributed by atoms with Gasteiger partial charge in [0.05, 0.1) is 4.90 Å². The van der Waals surface area contributed by atoms with Gasteiger partial charge in [-0.3, -0.25) is 4.21 Å². The van der Waals surface area contributed by atoms with Gasteiger partial charge in [-0.05, 0) is 23.2 Å². The van der Waals surface area contributed by atoms with Crippen LogP contribution >= 0.6 is 0 Å². The Morgan fingerprint density at radius 2 is 1.92 bits per heavy atom. The maximum atomic E-state index is 12.5. The van der Waals surface area contributed by atoms with Crippen LogP contribution in [0.4, 0.5) is 8.78 Å². The van der Waals surface area contributed by atoms with Crippen molar-refractivity contribution in [2.75, 3.05) is 0 Å². The van der Waals surface area contributed by atoms with E-state index in [-0.39, 0.29) is 18.9 Å². The van der Waals surface area contributed by atoms with Crippen LogP contribution in [0.3, 0.4) is 0 Å². The molecule has 0 aromatic heterocycles. The number of benzene rings is 1. The van der Waals surface area contributed by atoms with Crippen LogP contribution in [0.5, 0.6) is 0 Å². The first-order valence-electron chi connectivity index (χ1n) is 2.66. The minimum absolute atomic E-state index is 0. The molecule has 0 aliphatic rings. The summed E-state index contributed by atoms with van der Waals surface area (Å²) in [4.78, 5) is -0.648. The second kappa shape index (κ2) is 4.73. The van der Waals surface area contributed by atoms with Gasteiger partial charge in [-0.1, -0.05) is 6.07 Å². The molecule has 1 unspecified atom stereocenters. The van der Waals surface area contributed by atoms with Crippen LogP contribution in [0.1, 0.15) is 0 Å². The van der Waals surface area contributed by atoms with Crippen molar-refractivity contribution in [1.29, 1.82) is 0 Å². The molecule has 0 aliphatic carbocycles. The molecule has 0 aliphatic heterocycles. The van der Waals surface area contributed by atoms with E-state index < -0.39 is 27.6 Å². The van der Waals surface area contributed by atoms with Gasteiger partial charge in [0.2, 0.25) is 0 Å². The molecule has 1 atom stereocenters. The molecule has 0 spiro atoms. The first-order chi connectivity index (χ1) is 5.13. The molecule has 0 bridgehead atoms. The molecule has 0 radical (unpaired) electrons. The SMILES string of the molecule is O=S([O-])c1cccc(F)c1F.[Li+]. The Bertz CT molecular complexity index is 306. The van der Waals surface area contributed by atoms with Gasteiger partial charge in [0, 0.05) is 0 Å². The summed E-state index contributed by atoms with van der Waals surface area (Å²) in [5, 5.41) is 0. The number of hydrogen-bond acceptors (Lipinski definition) is 2. The largest absolute Gasteiger partial charge is 1.00 e. The van der Waals surface area contributed by atoms with Gasteiger partial charge in [-0.15, -0.1) is 0 Å². The van der Waals surface area contributed by atoms with Crippen molar-refractivity contribution < 1.29 is 36.4 Å². The van der Waals surface area contributed by atoms with Gasteiger partial charge in [0.1, 0.15) is 0 Å². The van der Waals surface area contributed by atoms with Gasteiger partial charge in [0.25, 0.3) is 0 Å². The summed E-state index contributed by atoms with van der Waals surface area (Å²) >= 11 is -2.72. The molecular weight excluding hydrogens is 181 g/mol. The van der Waals surface area contributed by atoms with Crippen molar-refractivity contribution in [1.82, 2.24) is 0 Å². The molecular formula is C6H3F2LiO2S. The first kappa shape index (κ1) is 11.8. The molecule has 1 aromatic carbocycles. The average Bonchev–Trinajstić information content (AvgIpc) is 1.94. The van der Waals surface area contributed by atoms with Crippen molar-refractivity contribution in [2.24, 2.45) is 0 Å². The summed E-state index contributed by atoms with van der Waals surface area (Å²) in [5.74, 6) is -2.49. The Hall–Kier alpha value is -0.213. The van der Waals surface area contributed by atoms with Gasteiger partial charge in [-0.2, -0.15) is 0 Å². The molecule has 12 heavy (non-hydrogen) atoms. The smallest absolute Gasteiger partial charge is 0.768 e. The fraction of sp³-hybridized carbons (Fsp3) is 0.